The summed E-state index contributed by atoms with van der Waals surface area (Å²) in [6.07, 6.45) is 6.08. The van der Waals surface area contributed by atoms with Crippen molar-refractivity contribution in [3.8, 4) is 23.0 Å². The fraction of sp³-hybridized carbons (Fsp3) is 0.447. The van der Waals surface area contributed by atoms with Crippen LogP contribution in [0.25, 0.3) is 0 Å². The number of nitrogens with zero attached hydrogens (tertiary/aromatic N) is 4. The van der Waals surface area contributed by atoms with Crippen molar-refractivity contribution in [3.05, 3.63) is 142 Å². The molecule has 4 heterocycles. The first kappa shape index (κ1) is 79.8. The predicted molar refractivity (Wildman–Crippen MR) is 384 cm³/mol. The molecule has 0 radical (unpaired) electrons. The van der Waals surface area contributed by atoms with Crippen LogP contribution in [0.3, 0.4) is 0 Å². The number of carbonyl (C=O) groups excluding carboxylic acids is 12. The van der Waals surface area contributed by atoms with Crippen molar-refractivity contribution < 1.29 is 96.2 Å². The summed E-state index contributed by atoms with van der Waals surface area (Å²) in [4.78, 5) is 162. The van der Waals surface area contributed by atoms with Crippen LogP contribution in [0.2, 0.25) is 0 Å². The summed E-state index contributed by atoms with van der Waals surface area (Å²) in [6.45, 7) is 12.9. The van der Waals surface area contributed by atoms with E-state index in [9.17, 15) is 67.7 Å². The Morgan fingerprint density at radius 3 is 1.73 bits per heavy atom. The van der Waals surface area contributed by atoms with Crippen LogP contribution in [0.4, 0.5) is 25.8 Å². The molecule has 0 unspecified atom stereocenters. The van der Waals surface area contributed by atoms with Crippen LogP contribution >= 0.6 is 0 Å². The minimum atomic E-state index is -0.989. The van der Waals surface area contributed by atoms with Crippen LogP contribution in [0.1, 0.15) is 156 Å². The SMILES string of the molecule is C=C1C[C@@H](CO)N(C(=O)c2cc(OC)c(OCCCCCOc3cc(NC(=O)OCc4cc5c(n4C)C(=O)C=C(C)C5=O)c(C(=O)N4CC(=C)C[C@H]4CO)cc3OC)cc2NC(=O)OCc2ccc(CC(=O)[C@H](CCCNC(N)=O)NC(=O)[C@@H](CC(=O)CCCCCN3C(=O)C=CC3=O)C(C)C)cc2)C1. The second-order valence-electron chi connectivity index (χ2n) is 26.7. The van der Waals surface area contributed by atoms with E-state index in [1.54, 1.807) is 38.2 Å². The Hall–Kier alpha value is -10.9. The first-order chi connectivity index (χ1) is 50.2. The molecule has 8 N–H and O–H groups in total. The van der Waals surface area contributed by atoms with E-state index in [2.05, 4.69) is 34.4 Å². The summed E-state index contributed by atoms with van der Waals surface area (Å²) in [5.74, 6) is -3.78. The molecular weight excluding hydrogens is 1360 g/mol. The summed E-state index contributed by atoms with van der Waals surface area (Å²) in [5.41, 5.74) is 8.85. The van der Waals surface area contributed by atoms with Gasteiger partial charge in [-0.2, -0.15) is 0 Å². The number of rotatable bonds is 38. The number of likely N-dealkylation sites (tertiary alicyclic amines) is 2. The van der Waals surface area contributed by atoms with E-state index in [0.717, 1.165) is 16.0 Å². The number of ether oxygens (including phenoxy) is 6. The van der Waals surface area contributed by atoms with Gasteiger partial charge < -0.3 is 69.4 Å². The number of Topliss-reactive ketones (excluding diaryl/α,β-unsaturated/α-hetero) is 3. The van der Waals surface area contributed by atoms with Crippen LogP contribution in [-0.2, 0) is 60.1 Å². The summed E-state index contributed by atoms with van der Waals surface area (Å²) in [5, 5.41) is 31.1. The third-order valence-electron chi connectivity index (χ3n) is 18.6. The van der Waals surface area contributed by atoms with Gasteiger partial charge in [-0.15, -0.1) is 0 Å². The standard InChI is InChI=1S/C76H93N9O20/c1-44(2)54(33-53(88)16-11-9-12-25-83-67(91)22-23-68(83)92)71(94)79-58(17-15-24-78-74(77)97)61(89)31-48-18-20-49(21-19-48)42-104-75(98)80-59-36-65(63(100-7)34-55(59)72(95)84-38-45(3)28-50(84)40-86)102-26-13-10-14-27-103-66-37-60(56(35-64(66)101-8)73(96)85-39-46(4)29-51(85)41-87)81-76(99)105-43-52-32-57-69(82(52)6)62(90)30-47(5)70(57)93/h18-23,30,32,34-37,44,50-51,54,58,86-87H,3-4,9-17,24-29,31,33,38-43H2,1-2,5-8H3,(H,79,94)(H,80,98)(H,81,99)(H3,77,78,97)/t50-,51-,54-,58-/m0/s1. The molecule has 29 heteroatoms. The third-order valence-corrected chi connectivity index (χ3v) is 18.6. The molecule has 1 aromatic heterocycles. The number of aromatic nitrogens is 1. The monoisotopic (exact) mass is 1450 g/mol. The fourth-order valence-corrected chi connectivity index (χ4v) is 12.8. The number of amides is 9. The number of carbonyl (C=O) groups is 12. The number of aliphatic hydroxyl groups excluding tert-OH is 2. The number of allylic oxidation sites excluding steroid dienone is 2. The van der Waals surface area contributed by atoms with E-state index in [-0.39, 0.29) is 195 Å². The molecule has 562 valence electrons. The Balaban J connectivity index is 0.874. The quantitative estimate of drug-likeness (QED) is 0.0128. The number of nitrogens with two attached hydrogens (primary N) is 1. The molecule has 105 heavy (non-hydrogen) atoms. The number of aliphatic hydroxyl groups is 2. The number of hydrogen-bond acceptors (Lipinski definition) is 20. The van der Waals surface area contributed by atoms with Crippen LogP contribution in [0, 0.1) is 11.8 Å². The van der Waals surface area contributed by atoms with Crippen molar-refractivity contribution >= 4 is 82.3 Å². The Morgan fingerprint density at radius 1 is 0.676 bits per heavy atom. The van der Waals surface area contributed by atoms with Gasteiger partial charge in [-0.05, 0) is 106 Å². The Morgan fingerprint density at radius 2 is 1.21 bits per heavy atom. The highest BCUT2D eigenvalue weighted by atomic mass is 16.6. The molecule has 2 fully saturated rings. The van der Waals surface area contributed by atoms with Gasteiger partial charge in [-0.25, -0.2) is 14.4 Å². The molecule has 0 spiro atoms. The molecule has 4 aliphatic rings. The maximum absolute atomic E-state index is 14.3. The van der Waals surface area contributed by atoms with Crippen molar-refractivity contribution in [2.45, 2.75) is 136 Å². The lowest BCUT2D eigenvalue weighted by atomic mass is 9.88. The number of imide groups is 1. The van der Waals surface area contributed by atoms with Gasteiger partial charge in [0.25, 0.3) is 23.6 Å². The first-order valence-corrected chi connectivity index (χ1v) is 34.9. The topological polar surface area (TPSA) is 389 Å². The number of hydrogen-bond donors (Lipinski definition) is 7. The van der Waals surface area contributed by atoms with Crippen molar-refractivity contribution in [1.82, 2.24) is 29.9 Å². The van der Waals surface area contributed by atoms with E-state index in [4.69, 9.17) is 34.2 Å². The maximum Gasteiger partial charge on any atom is 0.412 e. The first-order valence-electron chi connectivity index (χ1n) is 34.9. The van der Waals surface area contributed by atoms with Gasteiger partial charge in [0.15, 0.2) is 34.6 Å². The second kappa shape index (κ2) is 37.5. The number of methoxy groups -OCH3 is 2. The molecule has 4 aromatic rings. The van der Waals surface area contributed by atoms with Crippen molar-refractivity contribution in [1.29, 1.82) is 0 Å². The van der Waals surface area contributed by atoms with Crippen molar-refractivity contribution in [2.24, 2.45) is 24.6 Å². The lowest BCUT2D eigenvalue weighted by Crippen LogP contribution is -2.46. The smallest absolute Gasteiger partial charge is 0.412 e. The van der Waals surface area contributed by atoms with Gasteiger partial charge >= 0.3 is 18.2 Å². The Kier molecular flexibility index (Phi) is 28.5. The average Bonchev–Trinajstić information content (AvgIpc) is 1.69. The minimum Gasteiger partial charge on any atom is -0.493 e. The number of benzene rings is 3. The molecule has 8 rings (SSSR count). The summed E-state index contributed by atoms with van der Waals surface area (Å²) in [6, 6.07) is 11.0. The second-order valence-corrected chi connectivity index (χ2v) is 26.7. The van der Waals surface area contributed by atoms with Gasteiger partial charge in [-0.3, -0.25) is 58.7 Å². The third kappa shape index (κ3) is 21.1. The van der Waals surface area contributed by atoms with Crippen molar-refractivity contribution in [2.75, 3.05) is 77.5 Å². The van der Waals surface area contributed by atoms with E-state index in [0.29, 0.717) is 74.6 Å². The number of anilines is 2. The average molecular weight is 1450 g/mol. The zero-order valence-electron chi connectivity index (χ0n) is 60.1. The van der Waals surface area contributed by atoms with Crippen LogP contribution in [0.15, 0.2) is 103 Å². The zero-order chi connectivity index (χ0) is 76.2. The van der Waals surface area contributed by atoms with Crippen LogP contribution < -0.4 is 45.9 Å². The van der Waals surface area contributed by atoms with Gasteiger partial charge in [0.2, 0.25) is 11.7 Å². The molecular formula is C76H93N9O20. The number of fused-ring (bicyclic) bond motifs is 1. The Bertz CT molecular complexity index is 4040. The highest BCUT2D eigenvalue weighted by Crippen LogP contribution is 2.39. The summed E-state index contributed by atoms with van der Waals surface area (Å²) < 4.78 is 36.5. The molecule has 4 atom stereocenters. The fourth-order valence-electron chi connectivity index (χ4n) is 12.8. The largest absolute Gasteiger partial charge is 0.493 e. The molecule has 29 nitrogen and oxygen atoms in total. The van der Waals surface area contributed by atoms with E-state index < -0.39 is 60.0 Å². The molecule has 3 aliphatic heterocycles. The van der Waals surface area contributed by atoms with Crippen LogP contribution in [0.5, 0.6) is 23.0 Å². The molecule has 0 bridgehead atoms. The molecule has 9 amide bonds. The van der Waals surface area contributed by atoms with Crippen molar-refractivity contribution in [3.63, 3.8) is 0 Å². The van der Waals surface area contributed by atoms with Crippen LogP contribution in [-0.4, -0.2) is 185 Å². The number of ketones is 4. The lowest BCUT2D eigenvalue weighted by Gasteiger charge is -2.25. The van der Waals surface area contributed by atoms with Gasteiger partial charge in [-0.1, -0.05) is 68.8 Å². The maximum atomic E-state index is 14.3. The molecule has 0 saturated carbocycles. The highest BCUT2D eigenvalue weighted by Gasteiger charge is 2.37. The summed E-state index contributed by atoms with van der Waals surface area (Å²) in [7, 11) is 4.36. The highest BCUT2D eigenvalue weighted by molar-refractivity contribution is 6.24. The number of primary amides is 1. The number of nitrogens with one attached hydrogen (secondary N) is 4. The minimum absolute atomic E-state index is 0.00217. The zero-order valence-corrected chi connectivity index (χ0v) is 60.1. The van der Waals surface area contributed by atoms with Gasteiger partial charge in [0.1, 0.15) is 24.7 Å². The molecule has 3 aromatic carbocycles. The van der Waals surface area contributed by atoms with E-state index in [1.807, 2.05) is 13.8 Å². The predicted octanol–water partition coefficient (Wildman–Crippen LogP) is 7.78. The normalized spacial score (nSPS) is 16.0. The van der Waals surface area contributed by atoms with Gasteiger partial charge in [0, 0.05) is 88.3 Å². The number of urea groups is 1. The molecule has 1 aliphatic carbocycles. The number of unbranched alkanes of at least 4 members (excludes halogenated alkanes) is 4. The van der Waals surface area contributed by atoms with E-state index >= 15 is 0 Å². The van der Waals surface area contributed by atoms with E-state index in [1.165, 1.54) is 77.1 Å². The lowest BCUT2D eigenvalue weighted by molar-refractivity contribution is -0.137. The summed E-state index contributed by atoms with van der Waals surface area (Å²) >= 11 is 0. The Labute approximate surface area is 608 Å². The molecule has 2 saturated heterocycles. The van der Waals surface area contributed by atoms with Gasteiger partial charge in [0.05, 0.1) is 92.5 Å².